The maximum absolute atomic E-state index is 11.2. The van der Waals surface area contributed by atoms with Crippen molar-refractivity contribution in [1.82, 2.24) is 0 Å². The molecular formula is C20H13ClO2S. The number of halogens is 1. The van der Waals surface area contributed by atoms with E-state index in [1.165, 1.54) is 0 Å². The number of allylic oxidation sites excluding steroid dienone is 6. The molecule has 2 aliphatic rings. The van der Waals surface area contributed by atoms with Gasteiger partial charge in [-0.2, -0.15) is 0 Å². The van der Waals surface area contributed by atoms with Gasteiger partial charge in [0.2, 0.25) is 0 Å². The van der Waals surface area contributed by atoms with Crippen LogP contribution in [-0.2, 0) is 4.79 Å². The SMILES string of the molecule is CC(=O)C=CC1=CC=C2C=CC=c3oc4ccc(Cl)cc4c3=C2S1. The second-order valence-electron chi connectivity index (χ2n) is 5.57. The van der Waals surface area contributed by atoms with Gasteiger partial charge in [0.05, 0.1) is 0 Å². The molecular weight excluding hydrogens is 340 g/mol. The standard InChI is InChI=1S/C20H13ClO2S/c1-12(22)5-8-15-9-6-13-3-2-4-18-19(20(13)24-15)16-11-14(21)7-10-17(16)23-18/h2-11H,1H3. The normalized spacial score (nSPS) is 16.3. The molecule has 0 spiro atoms. The molecule has 4 heteroatoms. The molecule has 1 aromatic carbocycles. The second kappa shape index (κ2) is 6.00. The highest BCUT2D eigenvalue weighted by Gasteiger charge is 2.17. The van der Waals surface area contributed by atoms with Gasteiger partial charge in [0.15, 0.2) is 5.78 Å². The van der Waals surface area contributed by atoms with Crippen LogP contribution in [0.25, 0.3) is 22.0 Å². The van der Waals surface area contributed by atoms with E-state index in [9.17, 15) is 4.79 Å². The van der Waals surface area contributed by atoms with E-state index in [4.69, 9.17) is 16.0 Å². The minimum absolute atomic E-state index is 0.0339. The molecule has 1 aromatic heterocycles. The lowest BCUT2D eigenvalue weighted by molar-refractivity contribution is -0.112. The Balaban J connectivity index is 2.00. The summed E-state index contributed by atoms with van der Waals surface area (Å²) in [7, 11) is 0. The van der Waals surface area contributed by atoms with E-state index >= 15 is 0 Å². The summed E-state index contributed by atoms with van der Waals surface area (Å²) in [4.78, 5) is 13.3. The summed E-state index contributed by atoms with van der Waals surface area (Å²) in [6, 6.07) is 5.67. The van der Waals surface area contributed by atoms with Gasteiger partial charge in [-0.15, -0.1) is 0 Å². The summed E-state index contributed by atoms with van der Waals surface area (Å²) in [5.41, 5.74) is 2.77. The predicted molar refractivity (Wildman–Crippen MR) is 101 cm³/mol. The van der Waals surface area contributed by atoms with Gasteiger partial charge < -0.3 is 4.42 Å². The quantitative estimate of drug-likeness (QED) is 0.757. The zero-order chi connectivity index (χ0) is 16.7. The Morgan fingerprint density at radius 2 is 2.12 bits per heavy atom. The average Bonchev–Trinajstić information content (AvgIpc) is 2.80. The van der Waals surface area contributed by atoms with Crippen LogP contribution in [0.5, 0.6) is 0 Å². The van der Waals surface area contributed by atoms with E-state index in [-0.39, 0.29) is 5.78 Å². The molecule has 0 saturated heterocycles. The first-order chi connectivity index (χ1) is 11.6. The Bertz CT molecular complexity index is 1110. The summed E-state index contributed by atoms with van der Waals surface area (Å²) < 4.78 is 5.99. The fourth-order valence-electron chi connectivity index (χ4n) is 2.75. The van der Waals surface area contributed by atoms with Crippen molar-refractivity contribution in [1.29, 1.82) is 0 Å². The summed E-state index contributed by atoms with van der Waals surface area (Å²) in [5.74, 6) is 0.0339. The van der Waals surface area contributed by atoms with E-state index in [0.29, 0.717) is 5.02 Å². The van der Waals surface area contributed by atoms with Crippen LogP contribution in [0.3, 0.4) is 0 Å². The lowest BCUT2D eigenvalue weighted by Crippen LogP contribution is -2.22. The summed E-state index contributed by atoms with van der Waals surface area (Å²) in [5, 5.41) is 2.74. The Morgan fingerprint density at radius 1 is 1.25 bits per heavy atom. The zero-order valence-electron chi connectivity index (χ0n) is 12.9. The number of rotatable bonds is 2. The van der Waals surface area contributed by atoms with Gasteiger partial charge in [0.1, 0.15) is 11.0 Å². The maximum Gasteiger partial charge on any atom is 0.152 e. The molecule has 1 aliphatic heterocycles. The topological polar surface area (TPSA) is 30.2 Å². The van der Waals surface area contributed by atoms with E-state index in [1.807, 2.05) is 42.5 Å². The summed E-state index contributed by atoms with van der Waals surface area (Å²) in [6.45, 7) is 1.55. The van der Waals surface area contributed by atoms with E-state index in [2.05, 4.69) is 12.2 Å². The molecule has 1 aliphatic carbocycles. The molecule has 4 rings (SSSR count). The Hall–Kier alpha value is -2.23. The number of carbonyl (C=O) groups excluding carboxylic acids is 1. The molecule has 24 heavy (non-hydrogen) atoms. The fourth-order valence-corrected chi connectivity index (χ4v) is 4.00. The third-order valence-electron chi connectivity index (χ3n) is 3.82. The van der Waals surface area contributed by atoms with Crippen molar-refractivity contribution in [2.75, 3.05) is 0 Å². The number of hydrogen-bond acceptors (Lipinski definition) is 3. The largest absolute Gasteiger partial charge is 0.456 e. The van der Waals surface area contributed by atoms with E-state index in [0.717, 1.165) is 37.0 Å². The number of benzene rings is 1. The Labute approximate surface area is 148 Å². The van der Waals surface area contributed by atoms with Gasteiger partial charge in [-0.3, -0.25) is 4.79 Å². The molecule has 2 heterocycles. The first kappa shape index (κ1) is 15.3. The molecule has 2 nitrogen and oxygen atoms in total. The number of thioether (sulfide) groups is 1. The van der Waals surface area contributed by atoms with Gasteiger partial charge in [-0.1, -0.05) is 41.6 Å². The molecule has 0 saturated carbocycles. The molecule has 0 radical (unpaired) electrons. The summed E-state index contributed by atoms with van der Waals surface area (Å²) in [6.07, 6.45) is 13.5. The van der Waals surface area contributed by atoms with Gasteiger partial charge >= 0.3 is 0 Å². The van der Waals surface area contributed by atoms with Gasteiger partial charge in [-0.25, -0.2) is 0 Å². The molecule has 0 N–H and O–H groups in total. The van der Waals surface area contributed by atoms with Gasteiger partial charge in [0.25, 0.3) is 0 Å². The number of ketones is 1. The zero-order valence-corrected chi connectivity index (χ0v) is 14.4. The third-order valence-corrected chi connectivity index (χ3v) is 5.21. The van der Waals surface area contributed by atoms with E-state index in [1.54, 1.807) is 24.8 Å². The van der Waals surface area contributed by atoms with Crippen LogP contribution < -0.4 is 10.6 Å². The minimum atomic E-state index is 0.0339. The number of hydrogen-bond donors (Lipinski definition) is 0. The Morgan fingerprint density at radius 3 is 2.96 bits per heavy atom. The first-order valence-corrected chi connectivity index (χ1v) is 8.71. The minimum Gasteiger partial charge on any atom is -0.456 e. The van der Waals surface area contributed by atoms with Crippen LogP contribution >= 0.6 is 23.4 Å². The highest BCUT2D eigenvalue weighted by molar-refractivity contribution is 8.12. The molecule has 2 aromatic rings. The fraction of sp³-hybridized carbons (Fsp3) is 0.0500. The van der Waals surface area contributed by atoms with Crippen LogP contribution in [-0.4, -0.2) is 5.78 Å². The molecule has 118 valence electrons. The second-order valence-corrected chi connectivity index (χ2v) is 7.09. The van der Waals surface area contributed by atoms with Crippen molar-refractivity contribution in [2.24, 2.45) is 0 Å². The maximum atomic E-state index is 11.2. The van der Waals surface area contributed by atoms with Crippen LogP contribution in [0.4, 0.5) is 0 Å². The number of fused-ring (bicyclic) bond motifs is 4. The van der Waals surface area contributed by atoms with Crippen molar-refractivity contribution in [3.8, 4) is 0 Å². The average molecular weight is 353 g/mol. The third kappa shape index (κ3) is 2.70. The molecule has 0 amide bonds. The van der Waals surface area contributed by atoms with Crippen molar-refractivity contribution < 1.29 is 9.21 Å². The Kier molecular flexibility index (Phi) is 3.83. The van der Waals surface area contributed by atoms with Crippen LogP contribution in [0.1, 0.15) is 6.92 Å². The van der Waals surface area contributed by atoms with Gasteiger partial charge in [0, 0.05) is 25.4 Å². The predicted octanol–water partition coefficient (Wildman–Crippen LogP) is 4.25. The smallest absolute Gasteiger partial charge is 0.152 e. The van der Waals surface area contributed by atoms with Crippen molar-refractivity contribution in [3.05, 3.63) is 80.8 Å². The molecule has 0 bridgehead atoms. The first-order valence-electron chi connectivity index (χ1n) is 7.51. The summed E-state index contributed by atoms with van der Waals surface area (Å²) >= 11 is 7.82. The van der Waals surface area contributed by atoms with Crippen molar-refractivity contribution in [3.63, 3.8) is 0 Å². The van der Waals surface area contributed by atoms with Crippen LogP contribution in [0.15, 0.2) is 69.6 Å². The number of carbonyl (C=O) groups is 1. The highest BCUT2D eigenvalue weighted by atomic mass is 35.5. The lowest BCUT2D eigenvalue weighted by Gasteiger charge is -2.12. The highest BCUT2D eigenvalue weighted by Crippen LogP contribution is 2.37. The van der Waals surface area contributed by atoms with Crippen LogP contribution in [0, 0.1) is 0 Å². The number of furan rings is 1. The van der Waals surface area contributed by atoms with Crippen molar-refractivity contribution >= 4 is 51.1 Å². The lowest BCUT2D eigenvalue weighted by atomic mass is 10.1. The van der Waals surface area contributed by atoms with E-state index < -0.39 is 0 Å². The van der Waals surface area contributed by atoms with Gasteiger partial charge in [-0.05, 0) is 55.0 Å². The molecule has 0 atom stereocenters. The van der Waals surface area contributed by atoms with Crippen LogP contribution in [0.2, 0.25) is 5.02 Å². The molecule has 0 unspecified atom stereocenters. The molecule has 0 fully saturated rings. The monoisotopic (exact) mass is 352 g/mol. The van der Waals surface area contributed by atoms with Crippen molar-refractivity contribution in [2.45, 2.75) is 6.92 Å².